The highest BCUT2D eigenvalue weighted by atomic mass is 35.5. The van der Waals surface area contributed by atoms with Gasteiger partial charge in [0.2, 0.25) is 0 Å². The predicted octanol–water partition coefficient (Wildman–Crippen LogP) is 3.26. The Morgan fingerprint density at radius 2 is 2.35 bits per heavy atom. The highest BCUT2D eigenvalue weighted by Gasteiger charge is 2.29. The van der Waals surface area contributed by atoms with Crippen molar-refractivity contribution in [3.8, 4) is 0 Å². The maximum Gasteiger partial charge on any atom is 0.287 e. The number of nitro benzene ring substituents is 1. The Kier molecular flexibility index (Phi) is 4.55. The van der Waals surface area contributed by atoms with Crippen molar-refractivity contribution in [2.24, 2.45) is 0 Å². The van der Waals surface area contributed by atoms with Crippen LogP contribution < -0.4 is 5.32 Å². The van der Waals surface area contributed by atoms with E-state index in [2.05, 4.69) is 12.2 Å². The summed E-state index contributed by atoms with van der Waals surface area (Å²) in [6.07, 6.45) is 2.25. The fraction of sp³-hybridized carbons (Fsp3) is 0.462. The first-order valence-electron chi connectivity index (χ1n) is 6.27. The Bertz CT molecular complexity index is 544. The molecule has 108 valence electrons. The summed E-state index contributed by atoms with van der Waals surface area (Å²) in [5.74, 6) is 0.867. The van der Waals surface area contributed by atoms with E-state index in [1.165, 1.54) is 24.6 Å². The minimum Gasteiger partial charge on any atom is -0.351 e. The second-order valence-electron chi connectivity index (χ2n) is 5.01. The van der Waals surface area contributed by atoms with Crippen LogP contribution >= 0.6 is 23.4 Å². The standard InChI is InChI=1S/C13H15ClN2O3S/c1-13(5-2-6-20-13)8-15-12(17)9-3-4-11(16(18)19)10(14)7-9/h3-4,7H,2,5-6,8H2,1H3,(H,15,17). The first-order valence-corrected chi connectivity index (χ1v) is 7.64. The van der Waals surface area contributed by atoms with Gasteiger partial charge in [-0.3, -0.25) is 14.9 Å². The average molecular weight is 315 g/mol. The average Bonchev–Trinajstić information content (AvgIpc) is 2.83. The molecule has 0 aromatic heterocycles. The first-order chi connectivity index (χ1) is 9.41. The quantitative estimate of drug-likeness (QED) is 0.684. The molecule has 1 amide bonds. The number of amides is 1. The fourth-order valence-electron chi connectivity index (χ4n) is 2.14. The molecule has 1 aromatic carbocycles. The minimum absolute atomic E-state index is 0.0240. The molecule has 1 saturated heterocycles. The van der Waals surface area contributed by atoms with Gasteiger partial charge in [-0.2, -0.15) is 11.8 Å². The second-order valence-corrected chi connectivity index (χ2v) is 7.10. The van der Waals surface area contributed by atoms with Crippen LogP contribution in [0.3, 0.4) is 0 Å². The molecular formula is C13H15ClN2O3S. The Morgan fingerprint density at radius 3 is 2.90 bits per heavy atom. The molecule has 1 unspecified atom stereocenters. The molecule has 20 heavy (non-hydrogen) atoms. The summed E-state index contributed by atoms with van der Waals surface area (Å²) in [5, 5.41) is 13.5. The first kappa shape index (κ1) is 15.1. The minimum atomic E-state index is -0.569. The van der Waals surface area contributed by atoms with Crippen LogP contribution in [0.25, 0.3) is 0 Å². The van der Waals surface area contributed by atoms with Crippen LogP contribution in [-0.2, 0) is 0 Å². The predicted molar refractivity (Wildman–Crippen MR) is 80.5 cm³/mol. The molecule has 7 heteroatoms. The van der Waals surface area contributed by atoms with Gasteiger partial charge < -0.3 is 5.32 Å². The summed E-state index contributed by atoms with van der Waals surface area (Å²) in [7, 11) is 0. The molecule has 1 N–H and O–H groups in total. The third-order valence-corrected chi connectivity index (χ3v) is 5.17. The molecule has 0 radical (unpaired) electrons. The van der Waals surface area contributed by atoms with Crippen LogP contribution in [0.5, 0.6) is 0 Å². The SMILES string of the molecule is CC1(CNC(=O)c2ccc([N+](=O)[O-])c(Cl)c2)CCCS1. The lowest BCUT2D eigenvalue weighted by Gasteiger charge is -2.22. The summed E-state index contributed by atoms with van der Waals surface area (Å²) in [6, 6.07) is 4.01. The number of nitro groups is 1. The van der Waals surface area contributed by atoms with Gasteiger partial charge in [-0.05, 0) is 37.7 Å². The largest absolute Gasteiger partial charge is 0.351 e. The summed E-state index contributed by atoms with van der Waals surface area (Å²) < 4.78 is 0.0836. The van der Waals surface area contributed by atoms with E-state index in [1.54, 1.807) is 0 Å². The zero-order valence-corrected chi connectivity index (χ0v) is 12.6. The van der Waals surface area contributed by atoms with E-state index in [0.717, 1.165) is 12.2 Å². The van der Waals surface area contributed by atoms with Crippen molar-refractivity contribution < 1.29 is 9.72 Å². The van der Waals surface area contributed by atoms with Gasteiger partial charge in [-0.15, -0.1) is 0 Å². The smallest absolute Gasteiger partial charge is 0.287 e. The maximum absolute atomic E-state index is 12.0. The van der Waals surface area contributed by atoms with E-state index in [9.17, 15) is 14.9 Å². The number of rotatable bonds is 4. The van der Waals surface area contributed by atoms with Gasteiger partial charge in [0.25, 0.3) is 11.6 Å². The van der Waals surface area contributed by atoms with Crippen molar-refractivity contribution in [2.75, 3.05) is 12.3 Å². The number of nitrogens with one attached hydrogen (secondary N) is 1. The number of nitrogens with zero attached hydrogens (tertiary/aromatic N) is 1. The molecule has 1 heterocycles. The molecule has 1 aliphatic heterocycles. The zero-order chi connectivity index (χ0) is 14.8. The summed E-state index contributed by atoms with van der Waals surface area (Å²) in [6.45, 7) is 2.72. The van der Waals surface area contributed by atoms with Crippen molar-refractivity contribution in [1.82, 2.24) is 5.32 Å². The van der Waals surface area contributed by atoms with Gasteiger partial charge >= 0.3 is 0 Å². The molecule has 1 aromatic rings. The van der Waals surface area contributed by atoms with Gasteiger partial charge in [0.15, 0.2) is 0 Å². The van der Waals surface area contributed by atoms with Crippen molar-refractivity contribution in [3.63, 3.8) is 0 Å². The Morgan fingerprint density at radius 1 is 1.60 bits per heavy atom. The monoisotopic (exact) mass is 314 g/mol. The lowest BCUT2D eigenvalue weighted by Crippen LogP contribution is -2.36. The highest BCUT2D eigenvalue weighted by molar-refractivity contribution is 8.00. The lowest BCUT2D eigenvalue weighted by molar-refractivity contribution is -0.384. The Labute approximate surface area is 126 Å². The van der Waals surface area contributed by atoms with Gasteiger partial charge in [-0.1, -0.05) is 11.6 Å². The maximum atomic E-state index is 12.0. The van der Waals surface area contributed by atoms with E-state index in [-0.39, 0.29) is 21.4 Å². The van der Waals surface area contributed by atoms with E-state index in [1.807, 2.05) is 11.8 Å². The Balaban J connectivity index is 2.02. The number of benzene rings is 1. The van der Waals surface area contributed by atoms with Crippen LogP contribution in [0.2, 0.25) is 5.02 Å². The van der Waals surface area contributed by atoms with Crippen LogP contribution in [0.1, 0.15) is 30.1 Å². The second kappa shape index (κ2) is 6.01. The van der Waals surface area contributed by atoms with Crippen LogP contribution in [-0.4, -0.2) is 27.9 Å². The number of thioether (sulfide) groups is 1. The van der Waals surface area contributed by atoms with Crippen molar-refractivity contribution in [1.29, 1.82) is 0 Å². The van der Waals surface area contributed by atoms with Crippen molar-refractivity contribution >= 4 is 35.0 Å². The van der Waals surface area contributed by atoms with Crippen molar-refractivity contribution in [3.05, 3.63) is 38.9 Å². The van der Waals surface area contributed by atoms with E-state index in [0.29, 0.717) is 12.1 Å². The lowest BCUT2D eigenvalue weighted by atomic mass is 10.1. The number of halogens is 1. The zero-order valence-electron chi connectivity index (χ0n) is 11.0. The number of hydrogen-bond donors (Lipinski definition) is 1. The molecule has 5 nitrogen and oxygen atoms in total. The summed E-state index contributed by atoms with van der Waals surface area (Å²) in [4.78, 5) is 22.1. The molecule has 0 spiro atoms. The third-order valence-electron chi connectivity index (χ3n) is 3.33. The van der Waals surface area contributed by atoms with Crippen LogP contribution in [0.15, 0.2) is 18.2 Å². The molecule has 0 bridgehead atoms. The topological polar surface area (TPSA) is 72.2 Å². The molecular weight excluding hydrogens is 300 g/mol. The molecule has 0 aliphatic carbocycles. The summed E-state index contributed by atoms with van der Waals surface area (Å²) in [5.41, 5.74) is 0.147. The Hall–Kier alpha value is -1.27. The van der Waals surface area contributed by atoms with Gasteiger partial charge in [0.1, 0.15) is 5.02 Å². The van der Waals surface area contributed by atoms with Gasteiger partial charge in [0.05, 0.1) is 4.92 Å². The third kappa shape index (κ3) is 3.43. The van der Waals surface area contributed by atoms with E-state index >= 15 is 0 Å². The molecule has 1 fully saturated rings. The fourth-order valence-corrected chi connectivity index (χ4v) is 3.64. The van der Waals surface area contributed by atoms with Crippen LogP contribution in [0.4, 0.5) is 5.69 Å². The number of carbonyl (C=O) groups excluding carboxylic acids is 1. The molecule has 1 atom stereocenters. The molecule has 2 rings (SSSR count). The van der Waals surface area contributed by atoms with Gasteiger partial charge in [0, 0.05) is 22.9 Å². The highest BCUT2D eigenvalue weighted by Crippen LogP contribution is 2.37. The number of hydrogen-bond acceptors (Lipinski definition) is 4. The van der Waals surface area contributed by atoms with Gasteiger partial charge in [-0.25, -0.2) is 0 Å². The molecule has 0 saturated carbocycles. The van der Waals surface area contributed by atoms with E-state index in [4.69, 9.17) is 11.6 Å². The normalized spacial score (nSPS) is 21.7. The van der Waals surface area contributed by atoms with E-state index < -0.39 is 4.92 Å². The molecule has 1 aliphatic rings. The van der Waals surface area contributed by atoms with Crippen LogP contribution in [0, 0.1) is 10.1 Å². The van der Waals surface area contributed by atoms with Crippen molar-refractivity contribution in [2.45, 2.75) is 24.5 Å². The number of carbonyl (C=O) groups is 1. The summed E-state index contributed by atoms with van der Waals surface area (Å²) >= 11 is 7.66.